The van der Waals surface area contributed by atoms with Crippen LogP contribution in [0.4, 0.5) is 0 Å². The molecule has 2 nitrogen and oxygen atoms in total. The third-order valence-electron chi connectivity index (χ3n) is 3.51. The SMILES string of the molecule is CC(C)C(NCC1CCCCN1)c1cccs1. The smallest absolute Gasteiger partial charge is 0.0438 e. The van der Waals surface area contributed by atoms with Crippen LogP contribution in [0.3, 0.4) is 0 Å². The van der Waals surface area contributed by atoms with E-state index in [-0.39, 0.29) is 0 Å². The Morgan fingerprint density at radius 2 is 2.35 bits per heavy atom. The lowest BCUT2D eigenvalue weighted by Crippen LogP contribution is -2.43. The molecule has 96 valence electrons. The van der Waals surface area contributed by atoms with Gasteiger partial charge in [0, 0.05) is 23.5 Å². The summed E-state index contributed by atoms with van der Waals surface area (Å²) in [4.78, 5) is 1.47. The number of hydrogen-bond donors (Lipinski definition) is 2. The van der Waals surface area contributed by atoms with Crippen molar-refractivity contribution in [2.75, 3.05) is 13.1 Å². The van der Waals surface area contributed by atoms with E-state index in [9.17, 15) is 0 Å². The van der Waals surface area contributed by atoms with Gasteiger partial charge in [-0.1, -0.05) is 26.3 Å². The first-order valence-electron chi connectivity index (χ1n) is 6.77. The van der Waals surface area contributed by atoms with Crippen LogP contribution in [0.5, 0.6) is 0 Å². The quantitative estimate of drug-likeness (QED) is 0.841. The van der Waals surface area contributed by atoms with Gasteiger partial charge in [0.1, 0.15) is 0 Å². The molecule has 1 saturated heterocycles. The maximum atomic E-state index is 3.74. The van der Waals surface area contributed by atoms with Crippen molar-refractivity contribution < 1.29 is 0 Å². The Bertz CT molecular complexity index is 302. The molecule has 2 rings (SSSR count). The summed E-state index contributed by atoms with van der Waals surface area (Å²) in [5, 5.41) is 9.51. The van der Waals surface area contributed by atoms with Gasteiger partial charge in [-0.2, -0.15) is 0 Å². The average Bonchev–Trinajstić information content (AvgIpc) is 2.84. The molecule has 1 aromatic heterocycles. The molecule has 1 aromatic rings. The molecule has 17 heavy (non-hydrogen) atoms. The molecule has 0 radical (unpaired) electrons. The molecule has 2 atom stereocenters. The molecule has 1 fully saturated rings. The average molecular weight is 252 g/mol. The number of hydrogen-bond acceptors (Lipinski definition) is 3. The summed E-state index contributed by atoms with van der Waals surface area (Å²) in [6, 6.07) is 5.58. The van der Waals surface area contributed by atoms with Crippen molar-refractivity contribution in [3.63, 3.8) is 0 Å². The van der Waals surface area contributed by atoms with Crippen molar-refractivity contribution in [1.82, 2.24) is 10.6 Å². The van der Waals surface area contributed by atoms with Gasteiger partial charge in [0.25, 0.3) is 0 Å². The zero-order valence-electron chi connectivity index (χ0n) is 10.9. The Labute approximate surface area is 109 Å². The first-order valence-corrected chi connectivity index (χ1v) is 7.65. The molecule has 1 aliphatic rings. The predicted octanol–water partition coefficient (Wildman–Crippen LogP) is 3.18. The summed E-state index contributed by atoms with van der Waals surface area (Å²) >= 11 is 1.86. The second-order valence-corrected chi connectivity index (χ2v) is 6.27. The third-order valence-corrected chi connectivity index (χ3v) is 4.47. The molecule has 0 aromatic carbocycles. The monoisotopic (exact) mass is 252 g/mol. The second kappa shape index (κ2) is 6.53. The van der Waals surface area contributed by atoms with E-state index >= 15 is 0 Å². The minimum atomic E-state index is 0.513. The molecule has 0 amide bonds. The maximum absolute atomic E-state index is 3.74. The molecule has 3 heteroatoms. The van der Waals surface area contributed by atoms with Gasteiger partial charge in [-0.3, -0.25) is 0 Å². The molecule has 2 N–H and O–H groups in total. The summed E-state index contributed by atoms with van der Waals surface area (Å²) in [6.07, 6.45) is 4.04. The van der Waals surface area contributed by atoms with Gasteiger partial charge in [-0.05, 0) is 36.8 Å². The first-order chi connectivity index (χ1) is 8.27. The Morgan fingerprint density at radius 1 is 1.47 bits per heavy atom. The van der Waals surface area contributed by atoms with E-state index in [1.807, 2.05) is 11.3 Å². The summed E-state index contributed by atoms with van der Waals surface area (Å²) in [7, 11) is 0. The molecule has 0 spiro atoms. The predicted molar refractivity (Wildman–Crippen MR) is 75.5 cm³/mol. The lowest BCUT2D eigenvalue weighted by Gasteiger charge is -2.28. The van der Waals surface area contributed by atoms with E-state index in [0.29, 0.717) is 18.0 Å². The van der Waals surface area contributed by atoms with Crippen LogP contribution in [0, 0.1) is 5.92 Å². The van der Waals surface area contributed by atoms with Gasteiger partial charge in [0.05, 0.1) is 0 Å². The highest BCUT2D eigenvalue weighted by Gasteiger charge is 2.19. The normalized spacial score (nSPS) is 22.9. The zero-order chi connectivity index (χ0) is 12.1. The van der Waals surface area contributed by atoms with Gasteiger partial charge in [-0.15, -0.1) is 11.3 Å². The first kappa shape index (κ1) is 13.1. The van der Waals surface area contributed by atoms with E-state index in [4.69, 9.17) is 0 Å². The van der Waals surface area contributed by atoms with Crippen molar-refractivity contribution >= 4 is 11.3 Å². The van der Waals surface area contributed by atoms with Gasteiger partial charge in [-0.25, -0.2) is 0 Å². The minimum Gasteiger partial charge on any atom is -0.313 e. The summed E-state index contributed by atoms with van der Waals surface area (Å²) in [5.41, 5.74) is 0. The molecule has 0 bridgehead atoms. The fourth-order valence-corrected chi connectivity index (χ4v) is 3.47. The topological polar surface area (TPSA) is 24.1 Å². The van der Waals surface area contributed by atoms with Crippen LogP contribution < -0.4 is 10.6 Å². The highest BCUT2D eigenvalue weighted by atomic mass is 32.1. The molecule has 0 aliphatic carbocycles. The summed E-state index contributed by atoms with van der Waals surface area (Å²) in [5.74, 6) is 0.650. The van der Waals surface area contributed by atoms with Crippen molar-refractivity contribution in [1.29, 1.82) is 0 Å². The third kappa shape index (κ3) is 3.80. The van der Waals surface area contributed by atoms with Crippen molar-refractivity contribution in [2.45, 2.75) is 45.2 Å². The van der Waals surface area contributed by atoms with Gasteiger partial charge in [0.15, 0.2) is 0 Å². The zero-order valence-corrected chi connectivity index (χ0v) is 11.7. The highest BCUT2D eigenvalue weighted by Crippen LogP contribution is 2.25. The standard InChI is InChI=1S/C14H24N2S/c1-11(2)14(13-7-5-9-17-13)16-10-12-6-3-4-8-15-12/h5,7,9,11-12,14-16H,3-4,6,8,10H2,1-2H3. The maximum Gasteiger partial charge on any atom is 0.0438 e. The molecule has 2 unspecified atom stereocenters. The Hall–Kier alpha value is -0.380. The Morgan fingerprint density at radius 3 is 2.94 bits per heavy atom. The van der Waals surface area contributed by atoms with Crippen LogP contribution in [0.25, 0.3) is 0 Å². The Balaban J connectivity index is 1.85. The van der Waals surface area contributed by atoms with Crippen molar-refractivity contribution in [2.24, 2.45) is 5.92 Å². The van der Waals surface area contributed by atoms with Crippen molar-refractivity contribution in [3.8, 4) is 0 Å². The van der Waals surface area contributed by atoms with E-state index < -0.39 is 0 Å². The molecular weight excluding hydrogens is 228 g/mol. The van der Waals surface area contributed by atoms with Crippen LogP contribution in [0.2, 0.25) is 0 Å². The molecule has 0 saturated carbocycles. The molecular formula is C14H24N2S. The van der Waals surface area contributed by atoms with Crippen LogP contribution >= 0.6 is 11.3 Å². The van der Waals surface area contributed by atoms with Gasteiger partial charge < -0.3 is 10.6 Å². The molecule has 2 heterocycles. The molecule has 1 aliphatic heterocycles. The highest BCUT2D eigenvalue weighted by molar-refractivity contribution is 7.10. The van der Waals surface area contributed by atoms with E-state index in [1.165, 1.54) is 30.7 Å². The fraction of sp³-hybridized carbons (Fsp3) is 0.714. The lowest BCUT2D eigenvalue weighted by molar-refractivity contribution is 0.341. The number of nitrogens with one attached hydrogen (secondary N) is 2. The van der Waals surface area contributed by atoms with Crippen molar-refractivity contribution in [3.05, 3.63) is 22.4 Å². The number of thiophene rings is 1. The van der Waals surface area contributed by atoms with Gasteiger partial charge in [0.2, 0.25) is 0 Å². The Kier molecular flexibility index (Phi) is 5.01. The van der Waals surface area contributed by atoms with E-state index in [2.05, 4.69) is 42.0 Å². The van der Waals surface area contributed by atoms with E-state index in [0.717, 1.165) is 6.54 Å². The van der Waals surface area contributed by atoms with Crippen LogP contribution in [-0.2, 0) is 0 Å². The fourth-order valence-electron chi connectivity index (χ4n) is 2.50. The van der Waals surface area contributed by atoms with Crippen LogP contribution in [0.15, 0.2) is 17.5 Å². The second-order valence-electron chi connectivity index (χ2n) is 5.29. The summed E-state index contributed by atoms with van der Waals surface area (Å²) in [6.45, 7) is 6.88. The number of piperidine rings is 1. The largest absolute Gasteiger partial charge is 0.313 e. The van der Waals surface area contributed by atoms with Gasteiger partial charge >= 0.3 is 0 Å². The summed E-state index contributed by atoms with van der Waals surface area (Å²) < 4.78 is 0. The number of rotatable bonds is 5. The lowest BCUT2D eigenvalue weighted by atomic mass is 10.0. The van der Waals surface area contributed by atoms with Crippen LogP contribution in [0.1, 0.15) is 44.0 Å². The minimum absolute atomic E-state index is 0.513. The van der Waals surface area contributed by atoms with E-state index in [1.54, 1.807) is 0 Å². The van der Waals surface area contributed by atoms with Crippen LogP contribution in [-0.4, -0.2) is 19.1 Å².